The molecule has 0 bridgehead atoms. The Morgan fingerprint density at radius 2 is 1.71 bits per heavy atom. The molecular weight excluding hydrogens is 526 g/mol. The Morgan fingerprint density at radius 1 is 1.00 bits per heavy atom. The van der Waals surface area contributed by atoms with E-state index in [1.807, 2.05) is 0 Å². The fourth-order valence-electron chi connectivity index (χ4n) is 4.99. The van der Waals surface area contributed by atoms with Crippen LogP contribution in [-0.4, -0.2) is 38.6 Å². The molecule has 0 radical (unpaired) electrons. The van der Waals surface area contributed by atoms with Crippen LogP contribution in [0.15, 0.2) is 54.6 Å². The summed E-state index contributed by atoms with van der Waals surface area (Å²) < 4.78 is 66.9. The number of fused-ring (bicyclic) bond motifs is 1. The van der Waals surface area contributed by atoms with Gasteiger partial charge in [-0.25, -0.2) is 22.5 Å². The van der Waals surface area contributed by atoms with Gasteiger partial charge in [-0.3, -0.25) is 9.79 Å². The van der Waals surface area contributed by atoms with Crippen molar-refractivity contribution < 1.29 is 46.7 Å². The van der Waals surface area contributed by atoms with Gasteiger partial charge >= 0.3 is 13.8 Å². The predicted octanol–water partition coefficient (Wildman–Crippen LogP) is 5.78. The van der Waals surface area contributed by atoms with Gasteiger partial charge < -0.3 is 18.9 Å². The Labute approximate surface area is 214 Å². The number of ether oxygens (including phenoxy) is 1. The van der Waals surface area contributed by atoms with Crippen LogP contribution in [0.5, 0.6) is 5.75 Å². The van der Waals surface area contributed by atoms with Crippen molar-refractivity contribution in [1.29, 1.82) is 0 Å². The minimum absolute atomic E-state index is 0.00894. The number of phosphoric acid groups is 1. The maximum absolute atomic E-state index is 14.9. The SMILES string of the molecule is O=C(O)c1ccccc1-c1c(C2CCOCC2)n(-c2ccc(F)c(F)c2)c2cc(F)cc(OP(=O)(O)O)c12. The molecule has 1 aromatic heterocycles. The quantitative estimate of drug-likeness (QED) is 0.262. The summed E-state index contributed by atoms with van der Waals surface area (Å²) in [7, 11) is -5.20. The van der Waals surface area contributed by atoms with Gasteiger partial charge in [-0.2, -0.15) is 0 Å². The molecule has 38 heavy (non-hydrogen) atoms. The minimum atomic E-state index is -5.20. The van der Waals surface area contributed by atoms with E-state index in [9.17, 15) is 37.4 Å². The number of hydrogen-bond acceptors (Lipinski definition) is 4. The van der Waals surface area contributed by atoms with Crippen molar-refractivity contribution >= 4 is 24.7 Å². The largest absolute Gasteiger partial charge is 0.524 e. The fraction of sp³-hybridized carbons (Fsp3) is 0.192. The third-order valence-electron chi connectivity index (χ3n) is 6.45. The van der Waals surface area contributed by atoms with Crippen LogP contribution < -0.4 is 4.52 Å². The number of carboxylic acids is 1. The molecule has 0 amide bonds. The lowest BCUT2D eigenvalue weighted by atomic mass is 9.88. The van der Waals surface area contributed by atoms with Crippen LogP contribution in [0.4, 0.5) is 13.2 Å². The van der Waals surface area contributed by atoms with Gasteiger partial charge in [-0.1, -0.05) is 18.2 Å². The number of phosphoric ester groups is 1. The van der Waals surface area contributed by atoms with Crippen LogP contribution in [0.25, 0.3) is 27.7 Å². The summed E-state index contributed by atoms with van der Waals surface area (Å²) in [6, 6.07) is 10.9. The first-order chi connectivity index (χ1) is 18.0. The molecule has 1 fully saturated rings. The first-order valence-corrected chi connectivity index (χ1v) is 13.1. The first kappa shape index (κ1) is 26.0. The van der Waals surface area contributed by atoms with Gasteiger partial charge in [0.25, 0.3) is 0 Å². The topological polar surface area (TPSA) is 118 Å². The number of nitrogens with zero attached hydrogens (tertiary/aromatic N) is 1. The Balaban J connectivity index is 2.00. The minimum Gasteiger partial charge on any atom is -0.478 e. The summed E-state index contributed by atoms with van der Waals surface area (Å²) in [6.07, 6.45) is 0.915. The van der Waals surface area contributed by atoms with Gasteiger partial charge in [0.15, 0.2) is 11.6 Å². The van der Waals surface area contributed by atoms with Crippen LogP contribution in [-0.2, 0) is 9.30 Å². The zero-order valence-corrected chi connectivity index (χ0v) is 20.5. The van der Waals surface area contributed by atoms with Crippen molar-refractivity contribution in [3.63, 3.8) is 0 Å². The molecule has 0 saturated carbocycles. The maximum Gasteiger partial charge on any atom is 0.524 e. The van der Waals surface area contributed by atoms with Gasteiger partial charge in [-0.05, 0) is 42.7 Å². The number of rotatable bonds is 6. The van der Waals surface area contributed by atoms with Crippen molar-refractivity contribution in [1.82, 2.24) is 4.57 Å². The maximum atomic E-state index is 14.9. The molecule has 0 spiro atoms. The Bertz CT molecular complexity index is 1610. The predicted molar refractivity (Wildman–Crippen MR) is 131 cm³/mol. The van der Waals surface area contributed by atoms with E-state index in [0.29, 0.717) is 31.7 Å². The number of aromatic nitrogens is 1. The molecule has 0 atom stereocenters. The first-order valence-electron chi connectivity index (χ1n) is 11.5. The molecule has 1 aliphatic rings. The molecule has 1 saturated heterocycles. The van der Waals surface area contributed by atoms with Crippen LogP contribution >= 0.6 is 7.82 Å². The van der Waals surface area contributed by atoms with E-state index < -0.39 is 37.0 Å². The molecule has 8 nitrogen and oxygen atoms in total. The summed E-state index contributed by atoms with van der Waals surface area (Å²) in [5.74, 6) is -5.32. The number of carbonyl (C=O) groups is 1. The smallest absolute Gasteiger partial charge is 0.478 e. The molecule has 198 valence electrons. The molecule has 0 unspecified atom stereocenters. The third-order valence-corrected chi connectivity index (χ3v) is 6.88. The highest BCUT2D eigenvalue weighted by molar-refractivity contribution is 7.46. The molecule has 3 aromatic carbocycles. The number of carboxylic acid groups (broad SMARTS) is 1. The second kappa shape index (κ2) is 9.92. The monoisotopic (exact) mass is 547 g/mol. The molecular formula is C26H21F3NO7P. The van der Waals surface area contributed by atoms with Crippen molar-refractivity contribution in [2.75, 3.05) is 13.2 Å². The lowest BCUT2D eigenvalue weighted by Crippen LogP contribution is -2.18. The zero-order chi connectivity index (χ0) is 27.2. The Kier molecular flexibility index (Phi) is 6.79. The van der Waals surface area contributed by atoms with E-state index in [2.05, 4.69) is 0 Å². The highest BCUT2D eigenvalue weighted by Crippen LogP contribution is 2.50. The Morgan fingerprint density at radius 3 is 2.37 bits per heavy atom. The molecule has 2 heterocycles. The molecule has 5 rings (SSSR count). The van der Waals surface area contributed by atoms with Gasteiger partial charge in [0.1, 0.15) is 11.6 Å². The molecule has 12 heteroatoms. The average molecular weight is 547 g/mol. The van der Waals surface area contributed by atoms with Gasteiger partial charge in [0.05, 0.1) is 16.5 Å². The van der Waals surface area contributed by atoms with Crippen LogP contribution in [0.1, 0.15) is 34.8 Å². The standard InChI is InChI=1S/C26H21F3NO7P/c27-15-11-21-24(22(12-15)37-38(33,34)35)23(17-3-1-2-4-18(17)26(31)32)25(14-7-9-36-10-8-14)30(21)16-5-6-19(28)20(29)13-16/h1-6,11-14H,7-10H2,(H,31,32)(H2,33,34,35). The summed E-state index contributed by atoms with van der Waals surface area (Å²) >= 11 is 0. The van der Waals surface area contributed by atoms with E-state index in [4.69, 9.17) is 9.26 Å². The molecule has 4 aromatic rings. The number of benzene rings is 3. The van der Waals surface area contributed by atoms with Gasteiger partial charge in [0, 0.05) is 48.2 Å². The van der Waals surface area contributed by atoms with Gasteiger partial charge in [0.2, 0.25) is 0 Å². The van der Waals surface area contributed by atoms with E-state index >= 15 is 0 Å². The summed E-state index contributed by atoms with van der Waals surface area (Å²) in [5, 5.41) is 9.97. The second-order valence-electron chi connectivity index (χ2n) is 8.81. The van der Waals surface area contributed by atoms with E-state index in [-0.39, 0.29) is 39.2 Å². The Hall–Kier alpha value is -3.63. The van der Waals surface area contributed by atoms with Crippen molar-refractivity contribution in [3.8, 4) is 22.6 Å². The molecule has 1 aliphatic heterocycles. The number of hydrogen-bond donors (Lipinski definition) is 3. The lowest BCUT2D eigenvalue weighted by molar-refractivity contribution is 0.0697. The van der Waals surface area contributed by atoms with E-state index in [1.54, 1.807) is 6.07 Å². The molecule has 0 aliphatic carbocycles. The van der Waals surface area contributed by atoms with E-state index in [1.165, 1.54) is 28.8 Å². The van der Waals surface area contributed by atoms with Crippen molar-refractivity contribution in [3.05, 3.63) is 83.3 Å². The zero-order valence-electron chi connectivity index (χ0n) is 19.6. The summed E-state index contributed by atoms with van der Waals surface area (Å²) in [6.45, 7) is 0.703. The van der Waals surface area contributed by atoms with Crippen LogP contribution in [0, 0.1) is 17.5 Å². The highest BCUT2D eigenvalue weighted by atomic mass is 31.2. The summed E-state index contributed by atoms with van der Waals surface area (Å²) in [4.78, 5) is 31.4. The lowest BCUT2D eigenvalue weighted by Gasteiger charge is -2.26. The number of aromatic carboxylic acids is 1. The summed E-state index contributed by atoms with van der Waals surface area (Å²) in [5.41, 5.74) is 0.812. The van der Waals surface area contributed by atoms with Crippen molar-refractivity contribution in [2.45, 2.75) is 18.8 Å². The highest BCUT2D eigenvalue weighted by Gasteiger charge is 2.33. The second-order valence-corrected chi connectivity index (χ2v) is 9.98. The van der Waals surface area contributed by atoms with E-state index in [0.717, 1.165) is 24.3 Å². The number of halogens is 3. The molecule has 3 N–H and O–H groups in total. The van der Waals surface area contributed by atoms with Crippen LogP contribution in [0.3, 0.4) is 0 Å². The fourth-order valence-corrected chi connectivity index (χ4v) is 5.39. The van der Waals surface area contributed by atoms with Gasteiger partial charge in [-0.15, -0.1) is 0 Å². The average Bonchev–Trinajstić information content (AvgIpc) is 3.20. The van der Waals surface area contributed by atoms with Crippen LogP contribution in [0.2, 0.25) is 0 Å². The normalized spacial score (nSPS) is 14.7. The third kappa shape index (κ3) is 4.81. The van der Waals surface area contributed by atoms with Crippen molar-refractivity contribution in [2.24, 2.45) is 0 Å².